The van der Waals surface area contributed by atoms with Crippen molar-refractivity contribution in [3.63, 3.8) is 0 Å². The lowest BCUT2D eigenvalue weighted by atomic mass is 10.0. The Bertz CT molecular complexity index is 702. The van der Waals surface area contributed by atoms with E-state index in [0.717, 1.165) is 53.4 Å². The molecule has 24 heavy (non-hydrogen) atoms. The number of H-pyrrole nitrogens is 1. The largest absolute Gasteiger partial charge is 0.397 e. The van der Waals surface area contributed by atoms with E-state index in [9.17, 15) is 5.26 Å². The van der Waals surface area contributed by atoms with E-state index in [1.807, 2.05) is 13.1 Å². The molecule has 0 radical (unpaired) electrons. The molecule has 0 bridgehead atoms. The van der Waals surface area contributed by atoms with E-state index in [-0.39, 0.29) is 0 Å². The highest BCUT2D eigenvalue weighted by Gasteiger charge is 2.12. The maximum atomic E-state index is 9.45. The number of aryl methyl sites for hydroxylation is 3. The van der Waals surface area contributed by atoms with E-state index < -0.39 is 0 Å². The van der Waals surface area contributed by atoms with Crippen LogP contribution in [-0.2, 0) is 18.6 Å². The molecule has 2 aromatic heterocycles. The monoisotopic (exact) mass is 343 g/mol. The molecule has 0 saturated heterocycles. The van der Waals surface area contributed by atoms with Crippen LogP contribution >= 0.6 is 11.8 Å². The number of aromatic nitrogens is 3. The molecule has 0 amide bonds. The summed E-state index contributed by atoms with van der Waals surface area (Å²) in [5.41, 5.74) is 11.4. The van der Waals surface area contributed by atoms with Crippen molar-refractivity contribution < 1.29 is 0 Å². The number of pyridine rings is 1. The minimum atomic E-state index is 0.556. The molecule has 0 saturated carbocycles. The van der Waals surface area contributed by atoms with Crippen molar-refractivity contribution >= 4 is 17.4 Å². The second-order valence-electron chi connectivity index (χ2n) is 5.86. The molecule has 6 heteroatoms. The number of anilines is 1. The van der Waals surface area contributed by atoms with Crippen LogP contribution in [0, 0.1) is 18.3 Å². The van der Waals surface area contributed by atoms with Crippen LogP contribution < -0.4 is 5.73 Å². The van der Waals surface area contributed by atoms with Crippen LogP contribution in [0.15, 0.2) is 12.5 Å². The van der Waals surface area contributed by atoms with Gasteiger partial charge in [-0.05, 0) is 31.1 Å². The molecule has 2 aromatic rings. The lowest BCUT2D eigenvalue weighted by molar-refractivity contribution is 0.716. The summed E-state index contributed by atoms with van der Waals surface area (Å²) in [6, 6.07) is 2.24. The zero-order chi connectivity index (χ0) is 17.4. The predicted octanol–water partition coefficient (Wildman–Crippen LogP) is 3.78. The highest BCUT2D eigenvalue weighted by Crippen LogP contribution is 2.23. The van der Waals surface area contributed by atoms with Crippen LogP contribution in [0.4, 0.5) is 5.69 Å². The van der Waals surface area contributed by atoms with E-state index >= 15 is 0 Å². The third-order valence-corrected chi connectivity index (χ3v) is 5.07. The lowest BCUT2D eigenvalue weighted by Gasteiger charge is -2.10. The Morgan fingerprint density at radius 3 is 2.75 bits per heavy atom. The maximum Gasteiger partial charge on any atom is 0.103 e. The summed E-state index contributed by atoms with van der Waals surface area (Å²) < 4.78 is 0. The van der Waals surface area contributed by atoms with Crippen molar-refractivity contribution in [2.45, 2.75) is 51.7 Å². The Kier molecular flexibility index (Phi) is 7.13. The fraction of sp³-hybridized carbons (Fsp3) is 0.500. The number of imidazole rings is 1. The number of rotatable bonds is 9. The molecule has 0 aliphatic carbocycles. The molecule has 0 spiro atoms. The average molecular weight is 344 g/mol. The van der Waals surface area contributed by atoms with E-state index in [1.54, 1.807) is 18.1 Å². The molecule has 0 aliphatic rings. The van der Waals surface area contributed by atoms with Crippen LogP contribution in [0.25, 0.3) is 0 Å². The van der Waals surface area contributed by atoms with Crippen LogP contribution in [0.1, 0.15) is 54.4 Å². The second kappa shape index (κ2) is 9.33. The first-order chi connectivity index (χ1) is 11.7. The summed E-state index contributed by atoms with van der Waals surface area (Å²) in [7, 11) is 0. The van der Waals surface area contributed by atoms with Crippen LogP contribution in [0.3, 0.4) is 0 Å². The molecule has 0 atom stereocenters. The summed E-state index contributed by atoms with van der Waals surface area (Å²) in [5, 5.41) is 9.45. The summed E-state index contributed by atoms with van der Waals surface area (Å²) in [6.07, 6.45) is 8.65. The van der Waals surface area contributed by atoms with Crippen LogP contribution in [-0.4, -0.2) is 20.7 Å². The number of nitrogens with one attached hydrogen (secondary N) is 1. The third kappa shape index (κ3) is 4.75. The quantitative estimate of drug-likeness (QED) is 0.676. The van der Waals surface area contributed by atoms with Gasteiger partial charge in [0, 0.05) is 24.1 Å². The normalized spacial score (nSPS) is 10.7. The Hall–Kier alpha value is -2.00. The zero-order valence-electron chi connectivity index (χ0n) is 14.4. The minimum Gasteiger partial charge on any atom is -0.397 e. The smallest absolute Gasteiger partial charge is 0.103 e. The zero-order valence-corrected chi connectivity index (χ0v) is 15.2. The van der Waals surface area contributed by atoms with Gasteiger partial charge in [-0.25, -0.2) is 4.98 Å². The average Bonchev–Trinajstić information content (AvgIpc) is 2.99. The summed E-state index contributed by atoms with van der Waals surface area (Å²) >= 11 is 1.79. The van der Waals surface area contributed by atoms with Gasteiger partial charge in [0.2, 0.25) is 0 Å². The molecule has 0 aliphatic heterocycles. The number of hydrogen-bond acceptors (Lipinski definition) is 5. The van der Waals surface area contributed by atoms with Crippen molar-refractivity contribution in [3.05, 3.63) is 40.7 Å². The first kappa shape index (κ1) is 18.3. The van der Waals surface area contributed by atoms with Gasteiger partial charge < -0.3 is 10.7 Å². The van der Waals surface area contributed by atoms with E-state index in [1.165, 1.54) is 12.8 Å². The molecule has 128 valence electrons. The number of nitriles is 1. The van der Waals surface area contributed by atoms with Gasteiger partial charge in [-0.2, -0.15) is 17.0 Å². The number of aromatic amines is 1. The molecule has 0 unspecified atom stereocenters. The Morgan fingerprint density at radius 2 is 2.08 bits per heavy atom. The van der Waals surface area contributed by atoms with E-state index in [0.29, 0.717) is 11.3 Å². The predicted molar refractivity (Wildman–Crippen MR) is 99.8 cm³/mol. The fourth-order valence-corrected chi connectivity index (χ4v) is 3.52. The van der Waals surface area contributed by atoms with Crippen molar-refractivity contribution in [1.29, 1.82) is 5.26 Å². The van der Waals surface area contributed by atoms with Crippen LogP contribution in [0.2, 0.25) is 0 Å². The lowest BCUT2D eigenvalue weighted by Crippen LogP contribution is -2.06. The number of thioether (sulfide) groups is 1. The molecular formula is C18H25N5S. The Morgan fingerprint density at radius 1 is 1.25 bits per heavy atom. The summed E-state index contributed by atoms with van der Waals surface area (Å²) in [4.78, 5) is 11.9. The van der Waals surface area contributed by atoms with Gasteiger partial charge in [0.25, 0.3) is 0 Å². The van der Waals surface area contributed by atoms with Gasteiger partial charge >= 0.3 is 0 Å². The highest BCUT2D eigenvalue weighted by atomic mass is 32.2. The van der Waals surface area contributed by atoms with Gasteiger partial charge in [-0.3, -0.25) is 4.98 Å². The fourth-order valence-electron chi connectivity index (χ4n) is 2.56. The molecule has 0 aromatic carbocycles. The summed E-state index contributed by atoms with van der Waals surface area (Å²) in [6.45, 7) is 4.20. The van der Waals surface area contributed by atoms with E-state index in [4.69, 9.17) is 5.73 Å². The van der Waals surface area contributed by atoms with Crippen LogP contribution in [0.5, 0.6) is 0 Å². The SMILES string of the molecule is CCCCCc1cnc(CCSCc2nc[nH]c2C)c(C#N)c1N. The molecule has 2 heterocycles. The first-order valence-electron chi connectivity index (χ1n) is 8.40. The van der Waals surface area contributed by atoms with Gasteiger partial charge in [-0.15, -0.1) is 0 Å². The van der Waals surface area contributed by atoms with Gasteiger partial charge in [0.1, 0.15) is 6.07 Å². The van der Waals surface area contributed by atoms with Gasteiger partial charge in [0.05, 0.1) is 29.0 Å². The number of nitrogens with zero attached hydrogens (tertiary/aromatic N) is 3. The molecule has 5 nitrogen and oxygen atoms in total. The standard InChI is InChI=1S/C18H25N5S/c1-3-4-5-6-14-10-21-16(15(9-19)18(14)20)7-8-24-11-17-13(2)22-12-23-17/h10,12H,3-8,11H2,1-2H3,(H2,20,21)(H,22,23). The highest BCUT2D eigenvalue weighted by molar-refractivity contribution is 7.98. The molecule has 3 N–H and O–H groups in total. The maximum absolute atomic E-state index is 9.45. The minimum absolute atomic E-state index is 0.556. The summed E-state index contributed by atoms with van der Waals surface area (Å²) in [5.74, 6) is 1.75. The number of hydrogen-bond donors (Lipinski definition) is 2. The topological polar surface area (TPSA) is 91.4 Å². The number of nitrogen functional groups attached to an aromatic ring is 1. The van der Waals surface area contributed by atoms with Crippen molar-refractivity contribution in [2.24, 2.45) is 0 Å². The third-order valence-electron chi connectivity index (χ3n) is 4.10. The van der Waals surface area contributed by atoms with Gasteiger partial charge in [0.15, 0.2) is 0 Å². The molecule has 0 fully saturated rings. The number of unbranched alkanes of at least 4 members (excludes halogenated alkanes) is 2. The molecule has 2 rings (SSSR count). The van der Waals surface area contributed by atoms with E-state index in [2.05, 4.69) is 27.9 Å². The molecular weight excluding hydrogens is 318 g/mol. The van der Waals surface area contributed by atoms with Crippen molar-refractivity contribution in [2.75, 3.05) is 11.5 Å². The van der Waals surface area contributed by atoms with Gasteiger partial charge in [-0.1, -0.05) is 19.8 Å². The number of nitrogens with two attached hydrogens (primary N) is 1. The Balaban J connectivity index is 1.93. The second-order valence-corrected chi connectivity index (χ2v) is 6.97. The van der Waals surface area contributed by atoms with Crippen molar-refractivity contribution in [1.82, 2.24) is 15.0 Å². The van der Waals surface area contributed by atoms with Crippen molar-refractivity contribution in [3.8, 4) is 6.07 Å². The Labute approximate surface area is 148 Å². The first-order valence-corrected chi connectivity index (χ1v) is 9.55.